The van der Waals surface area contributed by atoms with Gasteiger partial charge in [0.1, 0.15) is 23.1 Å². The Kier molecular flexibility index (Phi) is 5.24. The zero-order valence-electron chi connectivity index (χ0n) is 21.3. The summed E-state index contributed by atoms with van der Waals surface area (Å²) in [5.74, 6) is -1.40. The summed E-state index contributed by atoms with van der Waals surface area (Å²) in [6.45, 7) is 8.69. The Morgan fingerprint density at radius 2 is 1.80 bits per heavy atom. The van der Waals surface area contributed by atoms with E-state index in [1.165, 1.54) is 6.92 Å². The first kappa shape index (κ1) is 24.9. The number of cyclic esters (lactones) is 1. The maximum absolute atomic E-state index is 13.2. The van der Waals surface area contributed by atoms with Crippen LogP contribution in [0.15, 0.2) is 34.9 Å². The fourth-order valence-corrected chi connectivity index (χ4v) is 8.40. The van der Waals surface area contributed by atoms with Gasteiger partial charge in [-0.05, 0) is 64.9 Å². The lowest BCUT2D eigenvalue weighted by atomic mass is 9.44. The van der Waals surface area contributed by atoms with Gasteiger partial charge < -0.3 is 25.2 Å². The number of aliphatic hydroxyl groups excluding tert-OH is 1. The van der Waals surface area contributed by atoms with Crippen molar-refractivity contribution in [1.82, 2.24) is 0 Å². The SMILES string of the molecule is CC1=C(C)C(=O)O[C@@H]([C@](C)(O)[C@]2(O)CC[C@@]3(O)[C@@H]4[C@@H](O)C=C5C=CCC(=O)[C@]5(C)[C@H]4CC[C@]23C)C1. The summed E-state index contributed by atoms with van der Waals surface area (Å²) in [6, 6.07) is 0. The zero-order valence-corrected chi connectivity index (χ0v) is 21.3. The Morgan fingerprint density at radius 1 is 1.11 bits per heavy atom. The number of carbonyl (C=O) groups is 2. The lowest BCUT2D eigenvalue weighted by molar-refractivity contribution is -0.284. The molecule has 7 nitrogen and oxygen atoms in total. The van der Waals surface area contributed by atoms with Gasteiger partial charge in [0.05, 0.1) is 17.1 Å². The van der Waals surface area contributed by atoms with Crippen molar-refractivity contribution in [3.8, 4) is 0 Å². The van der Waals surface area contributed by atoms with Crippen LogP contribution in [0.25, 0.3) is 0 Å². The summed E-state index contributed by atoms with van der Waals surface area (Å²) in [4.78, 5) is 25.6. The van der Waals surface area contributed by atoms with Gasteiger partial charge in [-0.25, -0.2) is 4.79 Å². The molecule has 1 aliphatic heterocycles. The molecule has 0 unspecified atom stereocenters. The number of rotatable bonds is 2. The molecule has 4 N–H and O–H groups in total. The molecule has 0 aromatic rings. The first-order valence-corrected chi connectivity index (χ1v) is 12.8. The standard InChI is InChI=1S/C28H38O7/c1-15-13-21(35-23(31)16(15)2)26(5,32)28(34)12-11-27(33)22-18(9-10-24(27,28)3)25(4)17(14-19(22)29)7-6-8-20(25)30/h6-7,14,18-19,21-22,29,32-34H,8-13H2,1-5H3/t18-,19-,21+,22-,24-,25-,26-,27+,28-/m0/s1. The molecule has 0 aromatic heterocycles. The fraction of sp³-hybridized carbons (Fsp3) is 0.714. The molecule has 0 aromatic carbocycles. The summed E-state index contributed by atoms with van der Waals surface area (Å²) in [5, 5.41) is 47.8. The zero-order chi connectivity index (χ0) is 25.8. The van der Waals surface area contributed by atoms with Crippen molar-refractivity contribution in [2.75, 3.05) is 0 Å². The van der Waals surface area contributed by atoms with Crippen molar-refractivity contribution in [3.05, 3.63) is 34.9 Å². The normalized spacial score (nSPS) is 49.0. The van der Waals surface area contributed by atoms with Crippen molar-refractivity contribution in [2.24, 2.45) is 22.7 Å². The number of hydrogen-bond donors (Lipinski definition) is 4. The lowest BCUT2D eigenvalue weighted by Crippen LogP contribution is -2.73. The predicted octanol–water partition coefficient (Wildman–Crippen LogP) is 2.51. The predicted molar refractivity (Wildman–Crippen MR) is 128 cm³/mol. The molecule has 0 amide bonds. The highest BCUT2D eigenvalue weighted by atomic mass is 16.6. The monoisotopic (exact) mass is 486 g/mol. The van der Waals surface area contributed by atoms with Gasteiger partial charge in [0.25, 0.3) is 0 Å². The number of carbonyl (C=O) groups excluding carboxylic acids is 2. The van der Waals surface area contributed by atoms with Crippen LogP contribution in [-0.4, -0.2) is 61.2 Å². The van der Waals surface area contributed by atoms with E-state index in [0.29, 0.717) is 31.3 Å². The Bertz CT molecular complexity index is 1080. The number of Topliss-reactive ketones (excluding diaryl/α,β-unsaturated/α-hetero) is 1. The van der Waals surface area contributed by atoms with Gasteiger partial charge in [-0.1, -0.05) is 30.7 Å². The van der Waals surface area contributed by atoms with Crippen LogP contribution >= 0.6 is 0 Å². The third-order valence-electron chi connectivity index (χ3n) is 11.1. The minimum absolute atomic E-state index is 0.0763. The molecule has 1 heterocycles. The Morgan fingerprint density at radius 3 is 2.46 bits per heavy atom. The van der Waals surface area contributed by atoms with Crippen molar-refractivity contribution in [3.63, 3.8) is 0 Å². The average Bonchev–Trinajstić information content (AvgIpc) is 3.01. The van der Waals surface area contributed by atoms with Crippen LogP contribution in [0, 0.1) is 22.7 Å². The van der Waals surface area contributed by atoms with Crippen molar-refractivity contribution >= 4 is 11.8 Å². The van der Waals surface area contributed by atoms with Crippen LogP contribution < -0.4 is 0 Å². The number of hydrogen-bond acceptors (Lipinski definition) is 7. The van der Waals surface area contributed by atoms with E-state index in [4.69, 9.17) is 4.74 Å². The van der Waals surface area contributed by atoms with E-state index in [1.807, 2.05) is 26.0 Å². The smallest absolute Gasteiger partial charge is 0.334 e. The Balaban J connectivity index is 1.57. The van der Waals surface area contributed by atoms with Crippen LogP contribution in [0.1, 0.15) is 73.1 Å². The van der Waals surface area contributed by atoms with E-state index < -0.39 is 51.7 Å². The van der Waals surface area contributed by atoms with Crippen molar-refractivity contribution < 1.29 is 34.8 Å². The Hall–Kier alpha value is -1.80. The highest BCUT2D eigenvalue weighted by Crippen LogP contribution is 2.70. The molecule has 4 aliphatic carbocycles. The van der Waals surface area contributed by atoms with Gasteiger partial charge in [0.2, 0.25) is 0 Å². The molecule has 0 radical (unpaired) electrons. The molecule has 0 saturated heterocycles. The maximum Gasteiger partial charge on any atom is 0.334 e. The minimum atomic E-state index is -1.84. The molecule has 7 heteroatoms. The summed E-state index contributed by atoms with van der Waals surface area (Å²) in [6.07, 6.45) is 5.18. The second-order valence-electron chi connectivity index (χ2n) is 12.3. The van der Waals surface area contributed by atoms with E-state index in [9.17, 15) is 30.0 Å². The number of aliphatic hydroxyl groups is 4. The lowest BCUT2D eigenvalue weighted by Gasteiger charge is -2.63. The largest absolute Gasteiger partial charge is 0.455 e. The Labute approximate surface area is 206 Å². The number of esters is 1. The third kappa shape index (κ3) is 2.81. The summed E-state index contributed by atoms with van der Waals surface area (Å²) in [5.41, 5.74) is -5.06. The number of ether oxygens (including phenoxy) is 1. The molecule has 9 atom stereocenters. The molecule has 35 heavy (non-hydrogen) atoms. The molecule has 0 bridgehead atoms. The van der Waals surface area contributed by atoms with Crippen LogP contribution in [-0.2, 0) is 14.3 Å². The number of ketones is 1. The van der Waals surface area contributed by atoms with Gasteiger partial charge in [-0.2, -0.15) is 0 Å². The van der Waals surface area contributed by atoms with Crippen LogP contribution in [0.4, 0.5) is 0 Å². The molecule has 2 fully saturated rings. The average molecular weight is 487 g/mol. The third-order valence-corrected chi connectivity index (χ3v) is 11.1. The molecule has 192 valence electrons. The maximum atomic E-state index is 13.2. The van der Waals surface area contributed by atoms with Gasteiger partial charge >= 0.3 is 5.97 Å². The highest BCUT2D eigenvalue weighted by molar-refractivity contribution is 5.92. The molecule has 2 saturated carbocycles. The van der Waals surface area contributed by atoms with E-state index in [1.54, 1.807) is 19.9 Å². The highest BCUT2D eigenvalue weighted by Gasteiger charge is 2.77. The molecule has 5 rings (SSSR count). The van der Waals surface area contributed by atoms with Crippen molar-refractivity contribution in [2.45, 2.75) is 102 Å². The molecular formula is C28H38O7. The van der Waals surface area contributed by atoms with Crippen LogP contribution in [0.5, 0.6) is 0 Å². The van der Waals surface area contributed by atoms with E-state index in [2.05, 4.69) is 0 Å². The van der Waals surface area contributed by atoms with E-state index >= 15 is 0 Å². The number of fused-ring (bicyclic) bond motifs is 5. The first-order chi connectivity index (χ1) is 16.1. The molecule has 5 aliphatic rings. The van der Waals surface area contributed by atoms with Crippen LogP contribution in [0.3, 0.4) is 0 Å². The summed E-state index contributed by atoms with van der Waals surface area (Å²) < 4.78 is 5.60. The second kappa shape index (κ2) is 7.37. The van der Waals surface area contributed by atoms with Gasteiger partial charge in [0.15, 0.2) is 0 Å². The topological polar surface area (TPSA) is 124 Å². The first-order valence-electron chi connectivity index (χ1n) is 12.8. The minimum Gasteiger partial charge on any atom is -0.455 e. The summed E-state index contributed by atoms with van der Waals surface area (Å²) in [7, 11) is 0. The second-order valence-corrected chi connectivity index (χ2v) is 12.3. The van der Waals surface area contributed by atoms with Gasteiger partial charge in [-0.3, -0.25) is 4.79 Å². The molecule has 0 spiro atoms. The number of allylic oxidation sites excluding steroid dienone is 3. The fourth-order valence-electron chi connectivity index (χ4n) is 8.40. The van der Waals surface area contributed by atoms with Crippen molar-refractivity contribution in [1.29, 1.82) is 0 Å². The van der Waals surface area contributed by atoms with Crippen LogP contribution in [0.2, 0.25) is 0 Å². The quantitative estimate of drug-likeness (QED) is 0.442. The van der Waals surface area contributed by atoms with E-state index in [-0.39, 0.29) is 24.5 Å². The summed E-state index contributed by atoms with van der Waals surface area (Å²) >= 11 is 0. The van der Waals surface area contributed by atoms with E-state index in [0.717, 1.165) is 11.1 Å². The van der Waals surface area contributed by atoms with Gasteiger partial charge in [-0.15, -0.1) is 0 Å². The van der Waals surface area contributed by atoms with Gasteiger partial charge in [0, 0.05) is 29.7 Å². The molecular weight excluding hydrogens is 448 g/mol.